The van der Waals surface area contributed by atoms with Crippen molar-refractivity contribution in [1.29, 1.82) is 0 Å². The monoisotopic (exact) mass is 297 g/mol. The lowest BCUT2D eigenvalue weighted by molar-refractivity contribution is 0.102. The molecule has 0 radical (unpaired) electrons. The fourth-order valence-electron chi connectivity index (χ4n) is 1.44. The number of aromatic hydroxyl groups is 1. The van der Waals surface area contributed by atoms with Crippen molar-refractivity contribution in [2.45, 2.75) is 6.92 Å². The fourth-order valence-corrected chi connectivity index (χ4v) is 1.77. The zero-order chi connectivity index (χ0) is 14.0. The quantitative estimate of drug-likeness (QED) is 0.836. The number of nitrogens with one attached hydrogen (secondary N) is 1. The predicted molar refractivity (Wildman–Crippen MR) is 72.8 cm³/mol. The van der Waals surface area contributed by atoms with Crippen molar-refractivity contribution in [3.63, 3.8) is 0 Å². The first-order chi connectivity index (χ1) is 8.97. The normalized spacial score (nSPS) is 10.3. The van der Waals surface area contributed by atoms with E-state index in [1.807, 2.05) is 0 Å². The Kier molecular flexibility index (Phi) is 3.87. The molecule has 0 saturated carbocycles. The molecule has 19 heavy (non-hydrogen) atoms. The molecule has 0 fully saturated rings. The minimum absolute atomic E-state index is 0.0302. The Bertz CT molecular complexity index is 647. The average molecular weight is 298 g/mol. The summed E-state index contributed by atoms with van der Waals surface area (Å²) in [7, 11) is 0. The molecule has 0 aliphatic heterocycles. The van der Waals surface area contributed by atoms with Crippen LogP contribution in [0.4, 0.5) is 5.69 Å². The number of rotatable bonds is 2. The second-order valence-corrected chi connectivity index (χ2v) is 4.57. The van der Waals surface area contributed by atoms with Crippen molar-refractivity contribution >= 4 is 34.8 Å². The molecule has 1 aromatic heterocycles. The lowest BCUT2D eigenvalue weighted by atomic mass is 10.2. The Morgan fingerprint density at radius 1 is 1.26 bits per heavy atom. The second-order valence-electron chi connectivity index (χ2n) is 3.83. The van der Waals surface area contributed by atoms with E-state index in [0.29, 0.717) is 11.3 Å². The Balaban J connectivity index is 2.25. The number of carbonyl (C=O) groups is 1. The van der Waals surface area contributed by atoms with Gasteiger partial charge in [0.25, 0.3) is 5.91 Å². The molecule has 0 aliphatic carbocycles. The van der Waals surface area contributed by atoms with Crippen LogP contribution in [-0.4, -0.2) is 21.2 Å². The van der Waals surface area contributed by atoms with Crippen molar-refractivity contribution in [1.82, 2.24) is 10.2 Å². The van der Waals surface area contributed by atoms with E-state index in [4.69, 9.17) is 23.2 Å². The van der Waals surface area contributed by atoms with Gasteiger partial charge in [-0.05, 0) is 36.8 Å². The molecule has 2 rings (SSSR count). The van der Waals surface area contributed by atoms with E-state index in [2.05, 4.69) is 15.5 Å². The van der Waals surface area contributed by atoms with E-state index in [9.17, 15) is 9.90 Å². The summed E-state index contributed by atoms with van der Waals surface area (Å²) in [5.74, 6) is -0.295. The third-order valence-corrected chi connectivity index (χ3v) is 2.88. The van der Waals surface area contributed by atoms with Gasteiger partial charge >= 0.3 is 0 Å². The molecule has 7 heteroatoms. The van der Waals surface area contributed by atoms with E-state index in [-0.39, 0.29) is 21.6 Å². The number of phenolic OH excluding ortho intramolecular Hbond substituents is 1. The van der Waals surface area contributed by atoms with E-state index in [1.54, 1.807) is 19.1 Å². The van der Waals surface area contributed by atoms with Gasteiger partial charge in [-0.15, -0.1) is 10.2 Å². The van der Waals surface area contributed by atoms with Crippen LogP contribution < -0.4 is 5.32 Å². The molecule has 98 valence electrons. The van der Waals surface area contributed by atoms with Gasteiger partial charge < -0.3 is 10.4 Å². The minimum atomic E-state index is -0.452. The number of halogens is 2. The molecule has 2 N–H and O–H groups in total. The van der Waals surface area contributed by atoms with Crippen LogP contribution in [0.3, 0.4) is 0 Å². The van der Waals surface area contributed by atoms with Gasteiger partial charge in [-0.1, -0.05) is 23.2 Å². The SMILES string of the molecule is Cc1cc(NC(=O)c2cc(Cl)nnc2Cl)ccc1O. The standard InChI is InChI=1S/C12H9Cl2N3O2/c1-6-4-7(2-3-9(6)18)15-12(19)8-5-10(13)16-17-11(8)14/h2-5,18H,1H3,(H,15,19). The van der Waals surface area contributed by atoms with Crippen molar-refractivity contribution in [2.75, 3.05) is 5.32 Å². The van der Waals surface area contributed by atoms with Gasteiger partial charge in [-0.2, -0.15) is 0 Å². The van der Waals surface area contributed by atoms with Crippen molar-refractivity contribution in [3.05, 3.63) is 45.7 Å². The number of aryl methyl sites for hydroxylation is 1. The van der Waals surface area contributed by atoms with Crippen LogP contribution in [0.2, 0.25) is 10.3 Å². The van der Waals surface area contributed by atoms with Gasteiger partial charge in [0.1, 0.15) is 5.75 Å². The second kappa shape index (κ2) is 5.42. The number of anilines is 1. The smallest absolute Gasteiger partial charge is 0.258 e. The minimum Gasteiger partial charge on any atom is -0.508 e. The molecule has 0 atom stereocenters. The summed E-state index contributed by atoms with van der Waals surface area (Å²) in [6.45, 7) is 1.73. The molecule has 1 amide bonds. The van der Waals surface area contributed by atoms with E-state index in [0.717, 1.165) is 0 Å². The van der Waals surface area contributed by atoms with Gasteiger partial charge in [0, 0.05) is 5.69 Å². The molecule has 1 aromatic carbocycles. The van der Waals surface area contributed by atoms with Gasteiger partial charge in [0.05, 0.1) is 5.56 Å². The maximum Gasteiger partial charge on any atom is 0.258 e. The molecule has 0 aliphatic rings. The third-order valence-electron chi connectivity index (χ3n) is 2.42. The van der Waals surface area contributed by atoms with Crippen LogP contribution >= 0.6 is 23.2 Å². The molecule has 5 nitrogen and oxygen atoms in total. The number of carbonyl (C=O) groups excluding carboxylic acids is 1. The van der Waals surface area contributed by atoms with Gasteiger partial charge in [-0.25, -0.2) is 0 Å². The number of nitrogens with zero attached hydrogens (tertiary/aromatic N) is 2. The van der Waals surface area contributed by atoms with Crippen LogP contribution in [0.1, 0.15) is 15.9 Å². The first kappa shape index (κ1) is 13.6. The summed E-state index contributed by atoms with van der Waals surface area (Å²) in [6, 6.07) is 6.03. The predicted octanol–water partition coefficient (Wildman–Crippen LogP) is 3.05. The third kappa shape index (κ3) is 3.13. The van der Waals surface area contributed by atoms with Crippen LogP contribution in [-0.2, 0) is 0 Å². The largest absolute Gasteiger partial charge is 0.508 e. The summed E-state index contributed by atoms with van der Waals surface area (Å²) >= 11 is 11.4. The topological polar surface area (TPSA) is 75.1 Å². The maximum absolute atomic E-state index is 12.0. The first-order valence-electron chi connectivity index (χ1n) is 5.27. The summed E-state index contributed by atoms with van der Waals surface area (Å²) < 4.78 is 0. The highest BCUT2D eigenvalue weighted by Gasteiger charge is 2.13. The highest BCUT2D eigenvalue weighted by Crippen LogP contribution is 2.22. The number of hydrogen-bond donors (Lipinski definition) is 2. The Labute approximate surface area is 119 Å². The number of amides is 1. The van der Waals surface area contributed by atoms with E-state index >= 15 is 0 Å². The molecule has 2 aromatic rings. The van der Waals surface area contributed by atoms with Crippen LogP contribution in [0.25, 0.3) is 0 Å². The lowest BCUT2D eigenvalue weighted by Gasteiger charge is -2.07. The summed E-state index contributed by atoms with van der Waals surface area (Å²) in [6.07, 6.45) is 0. The molecule has 1 heterocycles. The highest BCUT2D eigenvalue weighted by atomic mass is 35.5. The summed E-state index contributed by atoms with van der Waals surface area (Å²) in [5.41, 5.74) is 1.31. The molecule has 0 saturated heterocycles. The number of hydrogen-bond acceptors (Lipinski definition) is 4. The van der Waals surface area contributed by atoms with Gasteiger partial charge in [0.15, 0.2) is 10.3 Å². The lowest BCUT2D eigenvalue weighted by Crippen LogP contribution is -2.13. The zero-order valence-corrected chi connectivity index (χ0v) is 11.3. The molecular formula is C12H9Cl2N3O2. The fraction of sp³-hybridized carbons (Fsp3) is 0.0833. The van der Waals surface area contributed by atoms with Crippen molar-refractivity contribution in [2.24, 2.45) is 0 Å². The summed E-state index contributed by atoms with van der Waals surface area (Å²) in [5, 5.41) is 19.2. The van der Waals surface area contributed by atoms with Gasteiger partial charge in [0.2, 0.25) is 0 Å². The Morgan fingerprint density at radius 2 is 2.00 bits per heavy atom. The number of benzene rings is 1. The van der Waals surface area contributed by atoms with E-state index < -0.39 is 5.91 Å². The van der Waals surface area contributed by atoms with Crippen LogP contribution in [0, 0.1) is 6.92 Å². The molecule has 0 unspecified atom stereocenters. The van der Waals surface area contributed by atoms with Crippen LogP contribution in [0.15, 0.2) is 24.3 Å². The molecular weight excluding hydrogens is 289 g/mol. The van der Waals surface area contributed by atoms with Crippen LogP contribution in [0.5, 0.6) is 5.75 Å². The van der Waals surface area contributed by atoms with E-state index in [1.165, 1.54) is 12.1 Å². The molecule has 0 spiro atoms. The zero-order valence-electron chi connectivity index (χ0n) is 9.82. The number of aromatic nitrogens is 2. The summed E-state index contributed by atoms with van der Waals surface area (Å²) in [4.78, 5) is 12.0. The van der Waals surface area contributed by atoms with Crippen molar-refractivity contribution < 1.29 is 9.90 Å². The average Bonchev–Trinajstić information content (AvgIpc) is 2.36. The van der Waals surface area contributed by atoms with Gasteiger partial charge in [-0.3, -0.25) is 4.79 Å². The highest BCUT2D eigenvalue weighted by molar-refractivity contribution is 6.34. The van der Waals surface area contributed by atoms with Crippen molar-refractivity contribution in [3.8, 4) is 5.75 Å². The number of phenols is 1. The first-order valence-corrected chi connectivity index (χ1v) is 6.02. The molecule has 0 bridgehead atoms. The Morgan fingerprint density at radius 3 is 2.68 bits per heavy atom. The Hall–Kier alpha value is -1.85. The maximum atomic E-state index is 12.0.